The van der Waals surface area contributed by atoms with Crippen LogP contribution in [0.25, 0.3) is 0 Å². The van der Waals surface area contributed by atoms with Gasteiger partial charge in [-0.15, -0.1) is 0 Å². The Bertz CT molecular complexity index is 477. The van der Waals surface area contributed by atoms with Crippen LogP contribution in [0.1, 0.15) is 38.3 Å². The van der Waals surface area contributed by atoms with Crippen LogP contribution in [0, 0.1) is 11.3 Å². The van der Waals surface area contributed by atoms with E-state index in [2.05, 4.69) is 18.3 Å². The summed E-state index contributed by atoms with van der Waals surface area (Å²) in [5, 5.41) is 22.1. The number of nitrogens with zero attached hydrogens (tertiary/aromatic N) is 2. The molecule has 0 saturated heterocycles. The maximum absolute atomic E-state index is 9.45. The lowest BCUT2D eigenvalue weighted by Crippen LogP contribution is -2.44. The molecule has 0 bridgehead atoms. The molecule has 0 saturated carbocycles. The Morgan fingerprint density at radius 2 is 2.10 bits per heavy atom. The van der Waals surface area contributed by atoms with E-state index in [1.807, 2.05) is 44.0 Å². The minimum Gasteiger partial charge on any atom is -0.394 e. The molecule has 0 heterocycles. The molecule has 0 spiro atoms. The summed E-state index contributed by atoms with van der Waals surface area (Å²) in [6.07, 6.45) is 1.09. The van der Waals surface area contributed by atoms with Gasteiger partial charge in [-0.2, -0.15) is 5.26 Å². The van der Waals surface area contributed by atoms with E-state index in [4.69, 9.17) is 0 Å². The largest absolute Gasteiger partial charge is 0.394 e. The summed E-state index contributed by atoms with van der Waals surface area (Å²) in [6, 6.07) is 8.16. The molecule has 1 aromatic rings. The van der Waals surface area contributed by atoms with Crippen LogP contribution in [0.4, 0.5) is 5.69 Å². The maximum Gasteiger partial charge on any atom is 0.101 e. The molecule has 1 aromatic carbocycles. The molecule has 0 aliphatic carbocycles. The van der Waals surface area contributed by atoms with Gasteiger partial charge < -0.3 is 15.3 Å². The average Bonchev–Trinajstić information content (AvgIpc) is 2.46. The van der Waals surface area contributed by atoms with Crippen LogP contribution < -0.4 is 10.2 Å². The molecule has 1 rings (SSSR count). The summed E-state index contributed by atoms with van der Waals surface area (Å²) in [5.74, 6) is 0. The second-order valence-corrected chi connectivity index (χ2v) is 5.67. The Balaban J connectivity index is 2.97. The molecule has 20 heavy (non-hydrogen) atoms. The highest BCUT2D eigenvalue weighted by Crippen LogP contribution is 2.26. The third-order valence-electron chi connectivity index (χ3n) is 3.59. The molecule has 0 aliphatic heterocycles. The quantitative estimate of drug-likeness (QED) is 0.749. The SMILES string of the molecule is CCCNCc1ccc(N(C)C(C)(C)CO)c(C#N)c1. The van der Waals surface area contributed by atoms with Gasteiger partial charge in [-0.25, -0.2) is 0 Å². The number of aliphatic hydroxyl groups is 1. The van der Waals surface area contributed by atoms with E-state index in [9.17, 15) is 10.4 Å². The van der Waals surface area contributed by atoms with Crippen molar-refractivity contribution in [2.24, 2.45) is 0 Å². The van der Waals surface area contributed by atoms with E-state index in [1.165, 1.54) is 0 Å². The van der Waals surface area contributed by atoms with Gasteiger partial charge in [0, 0.05) is 13.6 Å². The fourth-order valence-corrected chi connectivity index (χ4v) is 1.92. The normalized spacial score (nSPS) is 11.2. The average molecular weight is 275 g/mol. The van der Waals surface area contributed by atoms with Gasteiger partial charge in [0.15, 0.2) is 0 Å². The van der Waals surface area contributed by atoms with E-state index >= 15 is 0 Å². The van der Waals surface area contributed by atoms with Crippen molar-refractivity contribution in [2.45, 2.75) is 39.3 Å². The highest BCUT2D eigenvalue weighted by Gasteiger charge is 2.24. The Kier molecular flexibility index (Phi) is 6.00. The van der Waals surface area contributed by atoms with Crippen molar-refractivity contribution in [1.29, 1.82) is 5.26 Å². The predicted molar refractivity (Wildman–Crippen MR) is 82.7 cm³/mol. The highest BCUT2D eigenvalue weighted by atomic mass is 16.3. The number of nitrogens with one attached hydrogen (secondary N) is 1. The first-order valence-electron chi connectivity index (χ1n) is 7.04. The zero-order valence-corrected chi connectivity index (χ0v) is 12.9. The first-order valence-corrected chi connectivity index (χ1v) is 7.04. The predicted octanol–water partition coefficient (Wildman–Crippen LogP) is 2.26. The summed E-state index contributed by atoms with van der Waals surface area (Å²) in [5.41, 5.74) is 2.21. The third kappa shape index (κ3) is 3.96. The zero-order valence-electron chi connectivity index (χ0n) is 12.9. The van der Waals surface area contributed by atoms with Crippen LogP contribution in [0.2, 0.25) is 0 Å². The van der Waals surface area contributed by atoms with Gasteiger partial charge in [0.05, 0.1) is 23.4 Å². The minimum atomic E-state index is -0.395. The lowest BCUT2D eigenvalue weighted by Gasteiger charge is -2.36. The van der Waals surface area contributed by atoms with Crippen LogP contribution in [0.15, 0.2) is 18.2 Å². The highest BCUT2D eigenvalue weighted by molar-refractivity contribution is 5.61. The third-order valence-corrected chi connectivity index (χ3v) is 3.59. The van der Waals surface area contributed by atoms with E-state index < -0.39 is 5.54 Å². The summed E-state index contributed by atoms with van der Waals surface area (Å²) in [6.45, 7) is 7.81. The molecule has 4 heteroatoms. The molecule has 0 fully saturated rings. The molecule has 0 aliphatic rings. The Morgan fingerprint density at radius 3 is 2.65 bits per heavy atom. The van der Waals surface area contributed by atoms with Crippen molar-refractivity contribution in [3.05, 3.63) is 29.3 Å². The Hall–Kier alpha value is -1.57. The van der Waals surface area contributed by atoms with Crippen LogP contribution in [-0.2, 0) is 6.54 Å². The van der Waals surface area contributed by atoms with E-state index in [0.29, 0.717) is 5.56 Å². The fourth-order valence-electron chi connectivity index (χ4n) is 1.92. The monoisotopic (exact) mass is 275 g/mol. The fraction of sp³-hybridized carbons (Fsp3) is 0.562. The number of rotatable bonds is 7. The van der Waals surface area contributed by atoms with Crippen molar-refractivity contribution in [1.82, 2.24) is 5.32 Å². The topological polar surface area (TPSA) is 59.3 Å². The van der Waals surface area contributed by atoms with E-state index in [-0.39, 0.29) is 6.61 Å². The molecule has 0 aromatic heterocycles. The molecule has 0 unspecified atom stereocenters. The van der Waals surface area contributed by atoms with Gasteiger partial charge in [-0.1, -0.05) is 13.0 Å². The Labute approximate surface area is 122 Å². The molecule has 110 valence electrons. The second-order valence-electron chi connectivity index (χ2n) is 5.67. The summed E-state index contributed by atoms with van der Waals surface area (Å²) in [7, 11) is 1.90. The minimum absolute atomic E-state index is 0.0359. The van der Waals surface area contributed by atoms with Gasteiger partial charge >= 0.3 is 0 Å². The number of hydrogen-bond acceptors (Lipinski definition) is 4. The van der Waals surface area contributed by atoms with Gasteiger partial charge in [0.2, 0.25) is 0 Å². The molecule has 0 atom stereocenters. The number of nitriles is 1. The van der Waals surface area contributed by atoms with E-state index in [1.54, 1.807) is 0 Å². The molecule has 0 radical (unpaired) electrons. The molecule has 2 N–H and O–H groups in total. The van der Waals surface area contributed by atoms with Gasteiger partial charge in [0.1, 0.15) is 6.07 Å². The first-order chi connectivity index (χ1) is 9.46. The Morgan fingerprint density at radius 1 is 1.40 bits per heavy atom. The van der Waals surface area contributed by atoms with Crippen LogP contribution in [0.3, 0.4) is 0 Å². The lowest BCUT2D eigenvalue weighted by atomic mass is 10.0. The number of aliphatic hydroxyl groups excluding tert-OH is 1. The number of likely N-dealkylation sites (N-methyl/N-ethyl adjacent to an activating group) is 1. The van der Waals surface area contributed by atoms with Crippen molar-refractivity contribution < 1.29 is 5.11 Å². The second kappa shape index (κ2) is 7.28. The summed E-state index contributed by atoms with van der Waals surface area (Å²) in [4.78, 5) is 1.95. The lowest BCUT2D eigenvalue weighted by molar-refractivity contribution is 0.216. The van der Waals surface area contributed by atoms with Gasteiger partial charge in [-0.05, 0) is 44.5 Å². The summed E-state index contributed by atoms with van der Waals surface area (Å²) < 4.78 is 0. The van der Waals surface area contributed by atoms with Gasteiger partial charge in [0.25, 0.3) is 0 Å². The number of benzene rings is 1. The zero-order chi connectivity index (χ0) is 15.2. The molecular weight excluding hydrogens is 250 g/mol. The first kappa shape index (κ1) is 16.5. The van der Waals surface area contributed by atoms with Crippen molar-refractivity contribution in [3.63, 3.8) is 0 Å². The van der Waals surface area contributed by atoms with Gasteiger partial charge in [-0.3, -0.25) is 0 Å². The van der Waals surface area contributed by atoms with Crippen molar-refractivity contribution >= 4 is 5.69 Å². The van der Waals surface area contributed by atoms with Crippen molar-refractivity contribution in [2.75, 3.05) is 25.1 Å². The van der Waals surface area contributed by atoms with Crippen LogP contribution >= 0.6 is 0 Å². The van der Waals surface area contributed by atoms with E-state index in [0.717, 1.165) is 30.8 Å². The maximum atomic E-state index is 9.45. The standard InChI is InChI=1S/C16H25N3O/c1-5-8-18-11-13-6-7-15(14(9-13)10-17)19(4)16(2,3)12-20/h6-7,9,18,20H,5,8,11-12H2,1-4H3. The molecule has 0 amide bonds. The smallest absolute Gasteiger partial charge is 0.101 e. The van der Waals surface area contributed by atoms with Crippen LogP contribution in [0.5, 0.6) is 0 Å². The summed E-state index contributed by atoms with van der Waals surface area (Å²) >= 11 is 0. The molecule has 4 nitrogen and oxygen atoms in total. The number of anilines is 1. The van der Waals surface area contributed by atoms with Crippen LogP contribution in [-0.4, -0.2) is 30.8 Å². The molecular formula is C16H25N3O. The number of hydrogen-bond donors (Lipinski definition) is 2. The van der Waals surface area contributed by atoms with Crippen molar-refractivity contribution in [3.8, 4) is 6.07 Å².